The summed E-state index contributed by atoms with van der Waals surface area (Å²) < 4.78 is 4.75. The first-order valence-electron chi connectivity index (χ1n) is 8.59. The van der Waals surface area contributed by atoms with Crippen LogP contribution in [0.1, 0.15) is 40.1 Å². The second-order valence-electron chi connectivity index (χ2n) is 6.06. The number of aromatic carboxylic acids is 2. The van der Waals surface area contributed by atoms with E-state index in [1.54, 1.807) is 6.92 Å². The number of hydrogen-bond donors (Lipinski definition) is 4. The van der Waals surface area contributed by atoms with Gasteiger partial charge in [-0.1, -0.05) is 24.3 Å². The van der Waals surface area contributed by atoms with Crippen LogP contribution < -0.4 is 11.2 Å². The van der Waals surface area contributed by atoms with Gasteiger partial charge in [-0.3, -0.25) is 9.63 Å². The number of carboxylic acid groups (broad SMARTS) is 2. The smallest absolute Gasteiger partial charge is 0.338 e. The highest BCUT2D eigenvalue weighted by Crippen LogP contribution is 2.38. The highest BCUT2D eigenvalue weighted by Gasteiger charge is 2.28. The number of carbonyl (C=O) groups excluding carboxylic acids is 2. The van der Waals surface area contributed by atoms with Crippen molar-refractivity contribution in [3.63, 3.8) is 0 Å². The predicted molar refractivity (Wildman–Crippen MR) is 100 cm³/mol. The maximum absolute atomic E-state index is 12.0. The Morgan fingerprint density at radius 3 is 2.00 bits per heavy atom. The summed E-state index contributed by atoms with van der Waals surface area (Å²) in [5, 5.41) is 18.7. The van der Waals surface area contributed by atoms with Gasteiger partial charge < -0.3 is 20.7 Å². The van der Waals surface area contributed by atoms with Crippen LogP contribution in [-0.2, 0) is 25.6 Å². The fraction of sp³-hybridized carbons (Fsp3) is 0.263. The lowest BCUT2D eigenvalue weighted by atomic mass is 10.1. The Labute approximate surface area is 165 Å². The van der Waals surface area contributed by atoms with Gasteiger partial charge in [0.1, 0.15) is 0 Å². The number of hydroxylamine groups is 1. The molecule has 1 amide bonds. The average molecular weight is 404 g/mol. The number of carboxylic acids is 2. The zero-order chi connectivity index (χ0) is 21.7. The normalized spacial score (nSPS) is 11.7. The molecule has 0 saturated carbocycles. The number of nitrogens with one attached hydrogen (secondary N) is 1. The molecular formula is C19H20N2O8. The summed E-state index contributed by atoms with van der Waals surface area (Å²) in [6.45, 7) is 3.23. The maximum Gasteiger partial charge on any atom is 0.338 e. The molecule has 5 N–H and O–H groups in total. The van der Waals surface area contributed by atoms with Crippen LogP contribution in [0.2, 0.25) is 0 Å². The quantitative estimate of drug-likeness (QED) is 0.375. The van der Waals surface area contributed by atoms with Crippen LogP contribution in [0, 0.1) is 0 Å². The van der Waals surface area contributed by atoms with Crippen molar-refractivity contribution in [1.29, 1.82) is 0 Å². The molecule has 0 aromatic carbocycles. The minimum Gasteiger partial charge on any atom is -0.478 e. The molecule has 154 valence electrons. The zero-order valence-electron chi connectivity index (χ0n) is 15.7. The Balaban J connectivity index is 2.23. The van der Waals surface area contributed by atoms with Crippen LogP contribution in [0.5, 0.6) is 0 Å². The standard InChI is InChI=1S/C19H20N2O8/c1-3-28-19(27)9(2)29-21-13(22)8-10-4-6-11-12(7-5-10)15(18(25)26)16(20)14(11)17(23)24/h4-7,9H,3,8,20H2,1-2H3,(H,21,22)(H,23,24)(H,25,26). The van der Waals surface area contributed by atoms with Gasteiger partial charge >= 0.3 is 17.9 Å². The summed E-state index contributed by atoms with van der Waals surface area (Å²) in [5.74, 6) is -3.90. The van der Waals surface area contributed by atoms with Gasteiger partial charge in [0, 0.05) is 0 Å². The largest absolute Gasteiger partial charge is 0.478 e. The molecule has 0 aromatic rings. The van der Waals surface area contributed by atoms with E-state index in [4.69, 9.17) is 15.3 Å². The molecular weight excluding hydrogens is 384 g/mol. The number of esters is 1. The molecule has 0 saturated heterocycles. The number of ether oxygens (including phenoxy) is 1. The monoisotopic (exact) mass is 404 g/mol. The van der Waals surface area contributed by atoms with Crippen molar-refractivity contribution in [3.05, 3.63) is 41.0 Å². The first kappa shape index (κ1) is 21.6. The van der Waals surface area contributed by atoms with Gasteiger partial charge in [-0.25, -0.2) is 19.9 Å². The molecule has 2 aliphatic carbocycles. The SMILES string of the molecule is CCOC(=O)C(C)ONC(=O)Cc1ccc2c(C(=O)O)c(N)c(C(=O)O)c-2cc1. The van der Waals surface area contributed by atoms with Crippen LogP contribution in [0.4, 0.5) is 5.69 Å². The highest BCUT2D eigenvalue weighted by molar-refractivity contribution is 6.14. The number of carbonyl (C=O) groups is 4. The number of nitrogen functional groups attached to an aromatic ring is 1. The first-order chi connectivity index (χ1) is 13.7. The molecule has 10 nitrogen and oxygen atoms in total. The van der Waals surface area contributed by atoms with Crippen molar-refractivity contribution in [2.24, 2.45) is 0 Å². The van der Waals surface area contributed by atoms with E-state index in [1.165, 1.54) is 31.2 Å². The minimum atomic E-state index is -1.35. The van der Waals surface area contributed by atoms with E-state index >= 15 is 0 Å². The molecule has 10 heteroatoms. The van der Waals surface area contributed by atoms with Crippen LogP contribution >= 0.6 is 0 Å². The lowest BCUT2D eigenvalue weighted by Crippen LogP contribution is -2.34. The van der Waals surface area contributed by atoms with Crippen molar-refractivity contribution in [1.82, 2.24) is 5.48 Å². The Bertz CT molecular complexity index is 888. The molecule has 0 heterocycles. The van der Waals surface area contributed by atoms with Gasteiger partial charge in [-0.05, 0) is 30.5 Å². The summed E-state index contributed by atoms with van der Waals surface area (Å²) in [7, 11) is 0. The Morgan fingerprint density at radius 1 is 1.03 bits per heavy atom. The maximum atomic E-state index is 12.0. The molecule has 0 bridgehead atoms. The molecule has 0 aliphatic heterocycles. The van der Waals surface area contributed by atoms with E-state index in [-0.39, 0.29) is 41.0 Å². The molecule has 2 rings (SSSR count). The van der Waals surface area contributed by atoms with E-state index in [0.717, 1.165) is 0 Å². The second-order valence-corrected chi connectivity index (χ2v) is 6.06. The summed E-state index contributed by atoms with van der Waals surface area (Å²) in [6, 6.07) is 5.75. The number of hydrogen-bond acceptors (Lipinski definition) is 7. The van der Waals surface area contributed by atoms with E-state index in [2.05, 4.69) is 5.48 Å². The van der Waals surface area contributed by atoms with Crippen LogP contribution in [0.25, 0.3) is 11.1 Å². The van der Waals surface area contributed by atoms with Gasteiger partial charge in [0.2, 0.25) is 5.91 Å². The number of fused-ring (bicyclic) bond motifs is 1. The van der Waals surface area contributed by atoms with Crippen molar-refractivity contribution >= 4 is 29.5 Å². The Morgan fingerprint density at radius 2 is 1.55 bits per heavy atom. The first-order valence-corrected chi connectivity index (χ1v) is 8.59. The average Bonchev–Trinajstić information content (AvgIpc) is 2.79. The number of anilines is 1. The number of amides is 1. The lowest BCUT2D eigenvalue weighted by molar-refractivity contribution is -0.163. The predicted octanol–water partition coefficient (Wildman–Crippen LogP) is 1.31. The number of rotatable bonds is 8. The molecule has 0 radical (unpaired) electrons. The van der Waals surface area contributed by atoms with Gasteiger partial charge in [-0.2, -0.15) is 0 Å². The lowest BCUT2D eigenvalue weighted by Gasteiger charge is -2.11. The van der Waals surface area contributed by atoms with Gasteiger partial charge in [0.25, 0.3) is 0 Å². The van der Waals surface area contributed by atoms with E-state index < -0.39 is 29.9 Å². The molecule has 0 spiro atoms. The second kappa shape index (κ2) is 9.02. The molecule has 0 fully saturated rings. The fourth-order valence-corrected chi connectivity index (χ4v) is 2.73. The molecule has 0 aromatic heterocycles. The Kier molecular flexibility index (Phi) is 6.73. The molecule has 29 heavy (non-hydrogen) atoms. The topological polar surface area (TPSA) is 165 Å². The molecule has 1 unspecified atom stereocenters. The van der Waals surface area contributed by atoms with Crippen molar-refractivity contribution in [2.45, 2.75) is 26.4 Å². The third-order valence-electron chi connectivity index (χ3n) is 4.06. The number of nitrogens with two attached hydrogens (primary N) is 1. The van der Waals surface area contributed by atoms with Gasteiger partial charge in [-0.15, -0.1) is 0 Å². The van der Waals surface area contributed by atoms with Gasteiger partial charge in [0.15, 0.2) is 6.10 Å². The van der Waals surface area contributed by atoms with Crippen molar-refractivity contribution in [3.8, 4) is 11.1 Å². The fourth-order valence-electron chi connectivity index (χ4n) is 2.73. The van der Waals surface area contributed by atoms with E-state index in [0.29, 0.717) is 5.56 Å². The van der Waals surface area contributed by atoms with E-state index in [1.807, 2.05) is 0 Å². The van der Waals surface area contributed by atoms with E-state index in [9.17, 15) is 29.4 Å². The summed E-state index contributed by atoms with van der Waals surface area (Å²) in [4.78, 5) is 51.4. The zero-order valence-corrected chi connectivity index (χ0v) is 15.7. The highest BCUT2D eigenvalue weighted by atomic mass is 16.7. The molecule has 1 atom stereocenters. The Hall–Kier alpha value is -3.66. The van der Waals surface area contributed by atoms with Crippen LogP contribution in [-0.4, -0.2) is 46.7 Å². The summed E-state index contributed by atoms with van der Waals surface area (Å²) >= 11 is 0. The van der Waals surface area contributed by atoms with Crippen LogP contribution in [0.3, 0.4) is 0 Å². The summed E-state index contributed by atoms with van der Waals surface area (Å²) in [6.07, 6.45) is -1.15. The summed E-state index contributed by atoms with van der Waals surface area (Å²) in [5.41, 5.74) is 7.65. The third kappa shape index (κ3) is 4.79. The molecule has 2 aliphatic rings. The minimum absolute atomic E-state index is 0.145. The van der Waals surface area contributed by atoms with Crippen molar-refractivity contribution in [2.75, 3.05) is 12.3 Å². The van der Waals surface area contributed by atoms with Crippen LogP contribution in [0.15, 0.2) is 24.3 Å². The van der Waals surface area contributed by atoms with Crippen molar-refractivity contribution < 1.29 is 39.0 Å². The third-order valence-corrected chi connectivity index (χ3v) is 4.06. The van der Waals surface area contributed by atoms with Gasteiger partial charge in [0.05, 0.1) is 29.8 Å².